The molecule has 7 heteroatoms. The largest absolute Gasteiger partial charge is 0.352 e. The van der Waals surface area contributed by atoms with Gasteiger partial charge < -0.3 is 9.84 Å². The number of aryl methyl sites for hydroxylation is 1. The summed E-state index contributed by atoms with van der Waals surface area (Å²) in [6.45, 7) is 0.352. The van der Waals surface area contributed by atoms with Crippen LogP contribution in [-0.4, -0.2) is 21.0 Å². The maximum atomic E-state index is 12.8. The molecule has 3 rings (SSSR count). The minimum absolute atomic E-state index is 0.136. The summed E-state index contributed by atoms with van der Waals surface area (Å²) < 4.78 is 17.9. The minimum atomic E-state index is -0.300. The van der Waals surface area contributed by atoms with Crippen LogP contribution in [-0.2, 0) is 17.8 Å². The molecule has 0 aliphatic carbocycles. The summed E-state index contributed by atoms with van der Waals surface area (Å²) in [6, 6.07) is 9.55. The minimum Gasteiger partial charge on any atom is -0.352 e. The molecule has 1 amide bonds. The van der Waals surface area contributed by atoms with E-state index in [1.807, 2.05) is 0 Å². The van der Waals surface area contributed by atoms with Gasteiger partial charge in [0, 0.05) is 37.3 Å². The highest BCUT2D eigenvalue weighted by Crippen LogP contribution is 2.14. The molecule has 1 aromatic carbocycles. The lowest BCUT2D eigenvalue weighted by Gasteiger charge is -2.04. The molecule has 0 saturated heterocycles. The van der Waals surface area contributed by atoms with Crippen molar-refractivity contribution in [3.05, 3.63) is 66.1 Å². The highest BCUT2D eigenvalue weighted by molar-refractivity contribution is 5.76. The van der Waals surface area contributed by atoms with Gasteiger partial charge in [-0.05, 0) is 29.8 Å². The van der Waals surface area contributed by atoms with Gasteiger partial charge in [0.1, 0.15) is 5.82 Å². The first-order valence-electron chi connectivity index (χ1n) is 7.45. The van der Waals surface area contributed by atoms with Crippen molar-refractivity contribution in [3.8, 4) is 11.4 Å². The van der Waals surface area contributed by atoms with Crippen molar-refractivity contribution in [1.82, 2.24) is 20.4 Å². The van der Waals surface area contributed by atoms with E-state index in [0.717, 1.165) is 11.1 Å². The Bertz CT molecular complexity index is 803. The molecular formula is C17H15FN4O2. The van der Waals surface area contributed by atoms with Crippen molar-refractivity contribution in [3.63, 3.8) is 0 Å². The third-order valence-corrected chi connectivity index (χ3v) is 3.38. The first-order valence-corrected chi connectivity index (χ1v) is 7.45. The molecule has 122 valence electrons. The van der Waals surface area contributed by atoms with E-state index in [1.54, 1.807) is 36.7 Å². The number of pyridine rings is 1. The fraction of sp³-hybridized carbons (Fsp3) is 0.176. The van der Waals surface area contributed by atoms with E-state index in [1.165, 1.54) is 12.1 Å². The molecule has 2 aromatic heterocycles. The third kappa shape index (κ3) is 4.22. The summed E-state index contributed by atoms with van der Waals surface area (Å²) in [5, 5.41) is 6.65. The Morgan fingerprint density at radius 1 is 1.12 bits per heavy atom. The Labute approximate surface area is 137 Å². The van der Waals surface area contributed by atoms with Crippen LogP contribution < -0.4 is 5.32 Å². The topological polar surface area (TPSA) is 80.9 Å². The van der Waals surface area contributed by atoms with Crippen LogP contribution >= 0.6 is 0 Å². The number of aromatic nitrogens is 3. The lowest BCUT2D eigenvalue weighted by atomic mass is 10.2. The summed E-state index contributed by atoms with van der Waals surface area (Å²) in [5.41, 5.74) is 1.64. The summed E-state index contributed by atoms with van der Waals surface area (Å²) in [4.78, 5) is 20.0. The third-order valence-electron chi connectivity index (χ3n) is 3.38. The van der Waals surface area contributed by atoms with Crippen molar-refractivity contribution < 1.29 is 13.7 Å². The number of rotatable bonds is 6. The quantitative estimate of drug-likeness (QED) is 0.753. The monoisotopic (exact) mass is 326 g/mol. The second-order valence-corrected chi connectivity index (χ2v) is 5.15. The van der Waals surface area contributed by atoms with Crippen molar-refractivity contribution in [1.29, 1.82) is 0 Å². The average Bonchev–Trinajstić information content (AvgIpc) is 3.09. The number of hydrogen-bond acceptors (Lipinski definition) is 5. The molecule has 0 fully saturated rings. The molecule has 24 heavy (non-hydrogen) atoms. The molecule has 6 nitrogen and oxygen atoms in total. The van der Waals surface area contributed by atoms with Gasteiger partial charge >= 0.3 is 0 Å². The van der Waals surface area contributed by atoms with Gasteiger partial charge in [-0.25, -0.2) is 4.39 Å². The van der Waals surface area contributed by atoms with Gasteiger partial charge in [-0.1, -0.05) is 17.3 Å². The first-order chi connectivity index (χ1) is 11.7. The molecule has 0 spiro atoms. The number of halogens is 1. The number of carbonyl (C=O) groups excluding carboxylic acids is 1. The van der Waals surface area contributed by atoms with Crippen LogP contribution in [0.25, 0.3) is 11.4 Å². The van der Waals surface area contributed by atoms with E-state index < -0.39 is 0 Å². The van der Waals surface area contributed by atoms with Crippen molar-refractivity contribution in [2.75, 3.05) is 0 Å². The van der Waals surface area contributed by atoms with Crippen LogP contribution in [0.3, 0.4) is 0 Å². The lowest BCUT2D eigenvalue weighted by Crippen LogP contribution is -2.23. The second kappa shape index (κ2) is 7.45. The van der Waals surface area contributed by atoms with Gasteiger partial charge in [-0.3, -0.25) is 9.78 Å². The van der Waals surface area contributed by atoms with Gasteiger partial charge in [0.15, 0.2) is 0 Å². The van der Waals surface area contributed by atoms with Crippen LogP contribution in [0.1, 0.15) is 17.9 Å². The molecule has 1 N–H and O–H groups in total. The Morgan fingerprint density at radius 3 is 2.62 bits per heavy atom. The van der Waals surface area contributed by atoms with Crippen molar-refractivity contribution in [2.24, 2.45) is 0 Å². The summed E-state index contributed by atoms with van der Waals surface area (Å²) in [6.07, 6.45) is 3.88. The molecule has 2 heterocycles. The number of nitrogens with zero attached hydrogens (tertiary/aromatic N) is 3. The highest BCUT2D eigenvalue weighted by Gasteiger charge is 2.10. The van der Waals surface area contributed by atoms with E-state index in [2.05, 4.69) is 20.4 Å². The maximum absolute atomic E-state index is 12.8. The lowest BCUT2D eigenvalue weighted by molar-refractivity contribution is -0.121. The normalized spacial score (nSPS) is 10.5. The number of hydrogen-bond donors (Lipinski definition) is 1. The summed E-state index contributed by atoms with van der Waals surface area (Å²) in [5.74, 6) is 0.437. The standard InChI is InChI=1S/C17H15FN4O2/c18-14-3-1-12(2-4-14)11-20-15(23)5-6-16-21-17(22-24-16)13-7-9-19-10-8-13/h1-4,7-10H,5-6,11H2,(H,20,23). The van der Waals surface area contributed by atoms with Gasteiger partial charge in [0.05, 0.1) is 0 Å². The fourth-order valence-electron chi connectivity index (χ4n) is 2.09. The van der Waals surface area contributed by atoms with E-state index >= 15 is 0 Å². The Balaban J connectivity index is 1.48. The molecule has 0 bridgehead atoms. The average molecular weight is 326 g/mol. The number of carbonyl (C=O) groups is 1. The highest BCUT2D eigenvalue weighted by atomic mass is 19.1. The van der Waals surface area contributed by atoms with Crippen LogP contribution in [0, 0.1) is 5.82 Å². The molecule has 0 aliphatic rings. The van der Waals surface area contributed by atoms with E-state index in [4.69, 9.17) is 4.52 Å². The van der Waals surface area contributed by atoms with Crippen molar-refractivity contribution >= 4 is 5.91 Å². The predicted molar refractivity (Wildman–Crippen MR) is 84.1 cm³/mol. The summed E-state index contributed by atoms with van der Waals surface area (Å²) in [7, 11) is 0. The van der Waals surface area contributed by atoms with E-state index in [-0.39, 0.29) is 18.1 Å². The Morgan fingerprint density at radius 2 is 1.88 bits per heavy atom. The molecule has 3 aromatic rings. The zero-order valence-electron chi connectivity index (χ0n) is 12.8. The van der Waals surface area contributed by atoms with Crippen LogP contribution in [0.2, 0.25) is 0 Å². The van der Waals surface area contributed by atoms with Gasteiger partial charge in [-0.15, -0.1) is 0 Å². The predicted octanol–water partition coefficient (Wildman–Crippen LogP) is 2.52. The maximum Gasteiger partial charge on any atom is 0.227 e. The van der Waals surface area contributed by atoms with Crippen LogP contribution in [0.5, 0.6) is 0 Å². The zero-order chi connectivity index (χ0) is 16.8. The molecule has 0 aliphatic heterocycles. The SMILES string of the molecule is O=C(CCc1nc(-c2ccncc2)no1)NCc1ccc(F)cc1. The molecule has 0 atom stereocenters. The molecule has 0 saturated carbocycles. The number of benzene rings is 1. The fourth-order valence-corrected chi connectivity index (χ4v) is 2.09. The molecule has 0 unspecified atom stereocenters. The van der Waals surface area contributed by atoms with E-state index in [0.29, 0.717) is 24.7 Å². The Kier molecular flexibility index (Phi) is 4.90. The molecule has 0 radical (unpaired) electrons. The van der Waals surface area contributed by atoms with Gasteiger partial charge in [0.2, 0.25) is 17.6 Å². The van der Waals surface area contributed by atoms with Crippen LogP contribution in [0.4, 0.5) is 4.39 Å². The number of nitrogens with one attached hydrogen (secondary N) is 1. The summed E-state index contributed by atoms with van der Waals surface area (Å²) >= 11 is 0. The van der Waals surface area contributed by atoms with E-state index in [9.17, 15) is 9.18 Å². The number of amides is 1. The smallest absolute Gasteiger partial charge is 0.227 e. The van der Waals surface area contributed by atoms with Gasteiger partial charge in [-0.2, -0.15) is 4.98 Å². The first kappa shape index (κ1) is 15.8. The molecular weight excluding hydrogens is 311 g/mol. The van der Waals surface area contributed by atoms with Gasteiger partial charge in [0.25, 0.3) is 0 Å². The van der Waals surface area contributed by atoms with Crippen LogP contribution in [0.15, 0.2) is 53.3 Å². The van der Waals surface area contributed by atoms with Crippen molar-refractivity contribution in [2.45, 2.75) is 19.4 Å². The Hall–Kier alpha value is -3.09. The second-order valence-electron chi connectivity index (χ2n) is 5.15. The zero-order valence-corrected chi connectivity index (χ0v) is 12.8.